The van der Waals surface area contributed by atoms with Crippen LogP contribution in [0.3, 0.4) is 0 Å². The summed E-state index contributed by atoms with van der Waals surface area (Å²) in [4.78, 5) is 10.6. The molecular weight excluding hydrogens is 178 g/mol. The van der Waals surface area contributed by atoms with E-state index in [1.807, 2.05) is 0 Å². The van der Waals surface area contributed by atoms with Crippen LogP contribution in [0.5, 0.6) is 0 Å². The molecule has 12 heavy (non-hydrogen) atoms. The van der Waals surface area contributed by atoms with Crippen molar-refractivity contribution in [2.45, 2.75) is 6.42 Å². The number of carbonyl (C=O) groups excluding carboxylic acids is 1. The fourth-order valence-electron chi connectivity index (χ4n) is 0.579. The van der Waals surface area contributed by atoms with E-state index in [0.717, 1.165) is 6.42 Å². The Morgan fingerprint density at radius 1 is 1.58 bits per heavy atom. The minimum Gasteiger partial charge on any atom is -0.379 e. The molecule has 0 bridgehead atoms. The first-order valence-corrected chi connectivity index (χ1v) is 4.36. The van der Waals surface area contributed by atoms with E-state index in [1.54, 1.807) is 6.08 Å². The monoisotopic (exact) mass is 191 g/mol. The highest BCUT2D eigenvalue weighted by atomic mass is 35.5. The van der Waals surface area contributed by atoms with Crippen molar-refractivity contribution in [3.8, 4) is 0 Å². The molecule has 4 heteroatoms. The molecule has 0 rings (SSSR count). The van der Waals surface area contributed by atoms with E-state index < -0.39 is 0 Å². The van der Waals surface area contributed by atoms with Crippen LogP contribution in [-0.2, 0) is 9.53 Å². The maximum absolute atomic E-state index is 10.6. The molecule has 0 spiro atoms. The van der Waals surface area contributed by atoms with Gasteiger partial charge in [0.2, 0.25) is 5.91 Å². The van der Waals surface area contributed by atoms with Gasteiger partial charge < -0.3 is 10.1 Å². The number of alkyl halides is 1. The Kier molecular flexibility index (Phi) is 8.17. The van der Waals surface area contributed by atoms with Gasteiger partial charge in [0.1, 0.15) is 5.88 Å². The maximum atomic E-state index is 10.6. The van der Waals surface area contributed by atoms with Gasteiger partial charge in [0, 0.05) is 6.54 Å². The third kappa shape index (κ3) is 7.57. The van der Waals surface area contributed by atoms with Gasteiger partial charge in [-0.15, -0.1) is 18.2 Å². The number of hydrogen-bond acceptors (Lipinski definition) is 2. The Bertz CT molecular complexity index is 139. The van der Waals surface area contributed by atoms with Crippen molar-refractivity contribution in [3.63, 3.8) is 0 Å². The van der Waals surface area contributed by atoms with E-state index in [2.05, 4.69) is 11.9 Å². The second kappa shape index (κ2) is 8.56. The fraction of sp³-hybridized carbons (Fsp3) is 0.625. The lowest BCUT2D eigenvalue weighted by Crippen LogP contribution is -2.28. The first-order chi connectivity index (χ1) is 5.81. The van der Waals surface area contributed by atoms with Gasteiger partial charge in [-0.05, 0) is 6.42 Å². The van der Waals surface area contributed by atoms with Crippen LogP contribution in [0.25, 0.3) is 0 Å². The normalized spacial score (nSPS) is 9.42. The minimum absolute atomic E-state index is 0.00660. The summed E-state index contributed by atoms with van der Waals surface area (Å²) in [5, 5.41) is 2.59. The smallest absolute Gasteiger partial charge is 0.235 e. The summed E-state index contributed by atoms with van der Waals surface area (Å²) in [6, 6.07) is 0. The molecular formula is C8H14ClNO2. The molecule has 0 atom stereocenters. The minimum atomic E-state index is -0.163. The summed E-state index contributed by atoms with van der Waals surface area (Å²) in [6.07, 6.45) is 2.63. The number of nitrogens with one attached hydrogen (secondary N) is 1. The molecule has 0 fully saturated rings. The predicted molar refractivity (Wildman–Crippen MR) is 49.4 cm³/mol. The number of rotatable bonds is 7. The standard InChI is InChI=1S/C8H14ClNO2/c1-2-3-5-12-6-4-10-8(11)7-9/h2H,1,3-7H2,(H,10,11). The Balaban J connectivity index is 3.00. The van der Waals surface area contributed by atoms with Crippen molar-refractivity contribution >= 4 is 17.5 Å². The van der Waals surface area contributed by atoms with E-state index in [0.29, 0.717) is 19.8 Å². The largest absolute Gasteiger partial charge is 0.379 e. The highest BCUT2D eigenvalue weighted by Gasteiger charge is 1.95. The first kappa shape index (κ1) is 11.5. The summed E-state index contributed by atoms with van der Waals surface area (Å²) >= 11 is 5.25. The lowest BCUT2D eigenvalue weighted by molar-refractivity contribution is -0.118. The van der Waals surface area contributed by atoms with E-state index in [9.17, 15) is 4.79 Å². The molecule has 1 N–H and O–H groups in total. The van der Waals surface area contributed by atoms with Crippen LogP contribution in [-0.4, -0.2) is 31.5 Å². The zero-order chi connectivity index (χ0) is 9.23. The summed E-state index contributed by atoms with van der Waals surface area (Å²) in [7, 11) is 0. The molecule has 0 aromatic heterocycles. The number of halogens is 1. The zero-order valence-electron chi connectivity index (χ0n) is 7.01. The zero-order valence-corrected chi connectivity index (χ0v) is 7.77. The van der Waals surface area contributed by atoms with Crippen LogP contribution < -0.4 is 5.32 Å². The van der Waals surface area contributed by atoms with E-state index in [1.165, 1.54) is 0 Å². The van der Waals surface area contributed by atoms with Gasteiger partial charge in [0.15, 0.2) is 0 Å². The topological polar surface area (TPSA) is 38.3 Å². The molecule has 0 unspecified atom stereocenters. The van der Waals surface area contributed by atoms with Gasteiger partial charge in [0.05, 0.1) is 13.2 Å². The summed E-state index contributed by atoms with van der Waals surface area (Å²) in [5.74, 6) is -0.156. The molecule has 0 saturated heterocycles. The lowest BCUT2D eigenvalue weighted by atomic mass is 10.4. The van der Waals surface area contributed by atoms with Crippen LogP contribution in [0.4, 0.5) is 0 Å². The Hall–Kier alpha value is -0.540. The van der Waals surface area contributed by atoms with Crippen LogP contribution in [0, 0.1) is 0 Å². The second-order valence-corrected chi connectivity index (χ2v) is 2.44. The lowest BCUT2D eigenvalue weighted by Gasteiger charge is -2.03. The number of carbonyl (C=O) groups is 1. The van der Waals surface area contributed by atoms with Crippen LogP contribution in [0.15, 0.2) is 12.7 Å². The van der Waals surface area contributed by atoms with Crippen molar-refractivity contribution < 1.29 is 9.53 Å². The van der Waals surface area contributed by atoms with E-state index >= 15 is 0 Å². The van der Waals surface area contributed by atoms with E-state index in [-0.39, 0.29) is 11.8 Å². The van der Waals surface area contributed by atoms with Gasteiger partial charge in [-0.25, -0.2) is 0 Å². The van der Waals surface area contributed by atoms with Crippen LogP contribution in [0.1, 0.15) is 6.42 Å². The van der Waals surface area contributed by atoms with Gasteiger partial charge in [-0.1, -0.05) is 6.08 Å². The molecule has 0 aromatic carbocycles. The molecule has 0 radical (unpaired) electrons. The van der Waals surface area contributed by atoms with Crippen LogP contribution >= 0.6 is 11.6 Å². The third-order valence-electron chi connectivity index (χ3n) is 1.16. The average Bonchev–Trinajstić information content (AvgIpc) is 2.10. The molecule has 1 amide bonds. The predicted octanol–water partition coefficient (Wildman–Crippen LogP) is 0.934. The number of hydrogen-bond donors (Lipinski definition) is 1. The Morgan fingerprint density at radius 3 is 2.92 bits per heavy atom. The van der Waals surface area contributed by atoms with Gasteiger partial charge in [-0.2, -0.15) is 0 Å². The van der Waals surface area contributed by atoms with Crippen molar-refractivity contribution in [2.24, 2.45) is 0 Å². The molecule has 0 saturated carbocycles. The molecule has 70 valence electrons. The molecule has 0 aliphatic rings. The SMILES string of the molecule is C=CCCOCCNC(=O)CCl. The van der Waals surface area contributed by atoms with Gasteiger partial charge >= 0.3 is 0 Å². The second-order valence-electron chi connectivity index (χ2n) is 2.17. The number of ether oxygens (including phenoxy) is 1. The molecule has 0 aromatic rings. The summed E-state index contributed by atoms with van der Waals surface area (Å²) in [6.45, 7) is 5.25. The highest BCUT2D eigenvalue weighted by molar-refractivity contribution is 6.27. The quantitative estimate of drug-likeness (QED) is 0.370. The van der Waals surface area contributed by atoms with Gasteiger partial charge in [-0.3, -0.25) is 4.79 Å². The fourth-order valence-corrected chi connectivity index (χ4v) is 0.673. The number of amides is 1. The van der Waals surface area contributed by atoms with Crippen molar-refractivity contribution in [1.82, 2.24) is 5.32 Å². The Morgan fingerprint density at radius 2 is 2.33 bits per heavy atom. The molecule has 0 aliphatic heterocycles. The average molecular weight is 192 g/mol. The Labute approximate surface area is 77.7 Å². The van der Waals surface area contributed by atoms with Gasteiger partial charge in [0.25, 0.3) is 0 Å². The van der Waals surface area contributed by atoms with Crippen LogP contribution in [0.2, 0.25) is 0 Å². The summed E-state index contributed by atoms with van der Waals surface area (Å²) < 4.78 is 5.14. The van der Waals surface area contributed by atoms with Crippen molar-refractivity contribution in [1.29, 1.82) is 0 Å². The first-order valence-electron chi connectivity index (χ1n) is 3.82. The highest BCUT2D eigenvalue weighted by Crippen LogP contribution is 1.81. The van der Waals surface area contributed by atoms with Crippen molar-refractivity contribution in [3.05, 3.63) is 12.7 Å². The molecule has 3 nitrogen and oxygen atoms in total. The van der Waals surface area contributed by atoms with E-state index in [4.69, 9.17) is 16.3 Å². The molecule has 0 heterocycles. The maximum Gasteiger partial charge on any atom is 0.235 e. The van der Waals surface area contributed by atoms with Crippen molar-refractivity contribution in [2.75, 3.05) is 25.6 Å². The third-order valence-corrected chi connectivity index (χ3v) is 1.40. The molecule has 0 aliphatic carbocycles. The summed E-state index contributed by atoms with van der Waals surface area (Å²) in [5.41, 5.74) is 0.